The van der Waals surface area contributed by atoms with Gasteiger partial charge in [0, 0.05) is 11.9 Å². The normalized spacial score (nSPS) is 16.8. The maximum Gasteiger partial charge on any atom is 0.0641 e. The van der Waals surface area contributed by atoms with Crippen LogP contribution in [0.5, 0.6) is 0 Å². The van der Waals surface area contributed by atoms with Crippen molar-refractivity contribution in [2.24, 2.45) is 0 Å². The molecule has 1 heterocycles. The number of H-pyrrole nitrogens is 1. The second kappa shape index (κ2) is 7.53. The highest BCUT2D eigenvalue weighted by atomic mass is 14.7. The molecular formula is C29H23N. The molecule has 3 aromatic carbocycles. The molecule has 1 aliphatic rings. The first kappa shape index (κ1) is 18.2. The summed E-state index contributed by atoms with van der Waals surface area (Å²) < 4.78 is 0. The number of aromatic amines is 1. The first-order valence-corrected chi connectivity index (χ1v) is 10.2. The van der Waals surface area contributed by atoms with Crippen molar-refractivity contribution in [2.45, 2.75) is 5.41 Å². The van der Waals surface area contributed by atoms with Crippen molar-refractivity contribution < 1.29 is 0 Å². The summed E-state index contributed by atoms with van der Waals surface area (Å²) in [4.78, 5) is 3.35. The van der Waals surface area contributed by atoms with Crippen LogP contribution in [0.1, 0.15) is 27.9 Å². The molecule has 0 bridgehead atoms. The van der Waals surface area contributed by atoms with E-state index < -0.39 is 5.41 Å². The number of allylic oxidation sites excluding steroid dienone is 5. The lowest BCUT2D eigenvalue weighted by atomic mass is 9.66. The Morgan fingerprint density at radius 2 is 1.30 bits per heavy atom. The summed E-state index contributed by atoms with van der Waals surface area (Å²) in [7, 11) is 0. The van der Waals surface area contributed by atoms with E-state index in [1.165, 1.54) is 22.3 Å². The zero-order valence-corrected chi connectivity index (χ0v) is 16.8. The van der Waals surface area contributed by atoms with Gasteiger partial charge in [0.05, 0.1) is 5.41 Å². The number of rotatable bonds is 3. The van der Waals surface area contributed by atoms with Gasteiger partial charge in [-0.2, -0.15) is 0 Å². The third-order valence-electron chi connectivity index (χ3n) is 5.91. The first-order chi connectivity index (χ1) is 14.8. The van der Waals surface area contributed by atoms with Gasteiger partial charge >= 0.3 is 0 Å². The second-order valence-electron chi connectivity index (χ2n) is 7.63. The minimum atomic E-state index is -0.422. The van der Waals surface area contributed by atoms with Gasteiger partial charge in [0.1, 0.15) is 0 Å². The molecule has 0 unspecified atom stereocenters. The molecule has 0 saturated carbocycles. The summed E-state index contributed by atoms with van der Waals surface area (Å²) in [6, 6.07) is 34.3. The van der Waals surface area contributed by atoms with E-state index in [0.29, 0.717) is 0 Å². The summed E-state index contributed by atoms with van der Waals surface area (Å²) in [6.45, 7) is 4.45. The van der Waals surface area contributed by atoms with Gasteiger partial charge < -0.3 is 4.98 Å². The van der Waals surface area contributed by atoms with Gasteiger partial charge in [0.25, 0.3) is 0 Å². The van der Waals surface area contributed by atoms with Gasteiger partial charge in [-0.25, -0.2) is 0 Å². The molecule has 0 spiro atoms. The molecule has 1 N–H and O–H groups in total. The Morgan fingerprint density at radius 3 is 1.93 bits per heavy atom. The van der Waals surface area contributed by atoms with Gasteiger partial charge in [-0.15, -0.1) is 0 Å². The topological polar surface area (TPSA) is 15.8 Å². The van der Waals surface area contributed by atoms with Crippen LogP contribution >= 0.6 is 0 Å². The third kappa shape index (κ3) is 2.96. The summed E-state index contributed by atoms with van der Waals surface area (Å²) >= 11 is 0. The standard InChI is InChI=1S/C29H23N/c1-22-21-23(28-17-10-20-30-28)18-19-29(24-11-4-2-5-12-24,25-13-6-3-7-14-25)27-16-9-8-15-26(22)27/h2-21,30H,1H2/b19-18?,23-21+. The van der Waals surface area contributed by atoms with E-state index in [1.54, 1.807) is 0 Å². The van der Waals surface area contributed by atoms with E-state index in [2.05, 4.69) is 121 Å². The van der Waals surface area contributed by atoms with E-state index in [0.717, 1.165) is 16.8 Å². The van der Waals surface area contributed by atoms with E-state index in [1.807, 2.05) is 12.3 Å². The van der Waals surface area contributed by atoms with E-state index in [9.17, 15) is 0 Å². The van der Waals surface area contributed by atoms with Crippen molar-refractivity contribution in [3.63, 3.8) is 0 Å². The monoisotopic (exact) mass is 385 g/mol. The van der Waals surface area contributed by atoms with E-state index in [4.69, 9.17) is 0 Å². The van der Waals surface area contributed by atoms with Gasteiger partial charge in [-0.3, -0.25) is 0 Å². The summed E-state index contributed by atoms with van der Waals surface area (Å²) in [5, 5.41) is 0. The molecule has 0 atom stereocenters. The van der Waals surface area contributed by atoms with Gasteiger partial charge in [0.2, 0.25) is 0 Å². The molecule has 144 valence electrons. The minimum Gasteiger partial charge on any atom is -0.361 e. The number of aromatic nitrogens is 1. The summed E-state index contributed by atoms with van der Waals surface area (Å²) in [5.74, 6) is 0. The third-order valence-corrected chi connectivity index (χ3v) is 5.91. The van der Waals surface area contributed by atoms with E-state index in [-0.39, 0.29) is 0 Å². The minimum absolute atomic E-state index is 0.422. The fourth-order valence-corrected chi connectivity index (χ4v) is 4.47. The molecule has 1 aromatic heterocycles. The maximum atomic E-state index is 4.45. The number of hydrogen-bond acceptors (Lipinski definition) is 0. The zero-order valence-electron chi connectivity index (χ0n) is 16.8. The number of nitrogens with one attached hydrogen (secondary N) is 1. The average molecular weight is 386 g/mol. The SMILES string of the molecule is C=C1/C=C(/c2ccc[nH]2)C=CC(c2ccccc2)(c2ccccc2)c2ccccc21. The Bertz CT molecular complexity index is 1190. The molecule has 4 aromatic rings. The smallest absolute Gasteiger partial charge is 0.0641 e. The van der Waals surface area contributed by atoms with Crippen LogP contribution in [0.3, 0.4) is 0 Å². The summed E-state index contributed by atoms with van der Waals surface area (Å²) in [5.41, 5.74) is 7.67. The predicted octanol–water partition coefficient (Wildman–Crippen LogP) is 7.02. The molecule has 30 heavy (non-hydrogen) atoms. The number of hydrogen-bond donors (Lipinski definition) is 1. The van der Waals surface area contributed by atoms with Crippen LogP contribution in [0, 0.1) is 0 Å². The molecule has 0 fully saturated rings. The van der Waals surface area contributed by atoms with Crippen LogP contribution in [-0.4, -0.2) is 4.98 Å². The molecule has 1 aliphatic carbocycles. The Labute approximate surface area is 177 Å². The molecule has 0 aliphatic heterocycles. The van der Waals surface area contributed by atoms with Crippen LogP contribution in [0.2, 0.25) is 0 Å². The highest BCUT2D eigenvalue weighted by Crippen LogP contribution is 2.45. The first-order valence-electron chi connectivity index (χ1n) is 10.2. The van der Waals surface area contributed by atoms with Gasteiger partial charge in [-0.05, 0) is 51.6 Å². The second-order valence-corrected chi connectivity index (χ2v) is 7.63. The van der Waals surface area contributed by atoms with Crippen molar-refractivity contribution in [1.82, 2.24) is 4.98 Å². The van der Waals surface area contributed by atoms with Crippen molar-refractivity contribution in [1.29, 1.82) is 0 Å². The molecule has 0 amide bonds. The number of fused-ring (bicyclic) bond motifs is 1. The van der Waals surface area contributed by atoms with Crippen molar-refractivity contribution in [3.8, 4) is 0 Å². The highest BCUT2D eigenvalue weighted by molar-refractivity contribution is 5.89. The molecule has 0 radical (unpaired) electrons. The van der Waals surface area contributed by atoms with Crippen LogP contribution < -0.4 is 0 Å². The molecule has 1 heteroatoms. The zero-order chi connectivity index (χ0) is 20.4. The Hall–Kier alpha value is -3.84. The number of benzene rings is 3. The Morgan fingerprint density at radius 1 is 0.667 bits per heavy atom. The Kier molecular flexibility index (Phi) is 4.57. The quantitative estimate of drug-likeness (QED) is 0.390. The predicted molar refractivity (Wildman–Crippen MR) is 126 cm³/mol. The van der Waals surface area contributed by atoms with Crippen molar-refractivity contribution in [2.75, 3.05) is 0 Å². The van der Waals surface area contributed by atoms with Crippen molar-refractivity contribution in [3.05, 3.63) is 156 Å². The lowest BCUT2D eigenvalue weighted by molar-refractivity contribution is 0.775. The Balaban J connectivity index is 1.88. The summed E-state index contributed by atoms with van der Waals surface area (Å²) in [6.07, 6.45) is 8.70. The fourth-order valence-electron chi connectivity index (χ4n) is 4.47. The van der Waals surface area contributed by atoms with Crippen molar-refractivity contribution >= 4 is 11.1 Å². The lowest BCUT2D eigenvalue weighted by Gasteiger charge is -2.36. The van der Waals surface area contributed by atoms with Crippen LogP contribution in [0.4, 0.5) is 0 Å². The van der Waals surface area contributed by atoms with Gasteiger partial charge in [-0.1, -0.05) is 104 Å². The maximum absolute atomic E-state index is 4.45. The largest absolute Gasteiger partial charge is 0.361 e. The van der Waals surface area contributed by atoms with Crippen LogP contribution in [0.15, 0.2) is 128 Å². The van der Waals surface area contributed by atoms with Crippen LogP contribution in [0.25, 0.3) is 11.1 Å². The van der Waals surface area contributed by atoms with Crippen LogP contribution in [-0.2, 0) is 5.41 Å². The molecular weight excluding hydrogens is 362 g/mol. The average Bonchev–Trinajstić information content (AvgIpc) is 3.34. The molecule has 0 saturated heterocycles. The fraction of sp³-hybridized carbons (Fsp3) is 0.0345. The molecule has 1 nitrogen and oxygen atoms in total. The highest BCUT2D eigenvalue weighted by Gasteiger charge is 2.36. The lowest BCUT2D eigenvalue weighted by Crippen LogP contribution is -2.28. The molecule has 5 rings (SSSR count). The van der Waals surface area contributed by atoms with E-state index >= 15 is 0 Å². The van der Waals surface area contributed by atoms with Gasteiger partial charge in [0.15, 0.2) is 0 Å².